The van der Waals surface area contributed by atoms with Crippen molar-refractivity contribution < 1.29 is 14.1 Å². The van der Waals surface area contributed by atoms with E-state index in [1.165, 1.54) is 6.07 Å². The highest BCUT2D eigenvalue weighted by Gasteiger charge is 2.42. The maximum Gasteiger partial charge on any atom is 0.272 e. The van der Waals surface area contributed by atoms with Crippen LogP contribution in [0.2, 0.25) is 0 Å². The summed E-state index contributed by atoms with van der Waals surface area (Å²) in [5.41, 5.74) is 5.54. The third kappa shape index (κ3) is 2.78. The number of carbonyl (C=O) groups is 1. The van der Waals surface area contributed by atoms with Gasteiger partial charge in [-0.2, -0.15) is 0 Å². The van der Waals surface area contributed by atoms with Crippen LogP contribution in [0.1, 0.15) is 23.2 Å². The van der Waals surface area contributed by atoms with E-state index in [0.29, 0.717) is 19.0 Å². The summed E-state index contributed by atoms with van der Waals surface area (Å²) in [5.74, 6) is -0.584. The molecule has 8 heteroatoms. The SMILES string of the molecule is Cl.NC1CCC2CN(C(=O)c3ccc([N+](=O)[O-])cc3F)CC12. The summed E-state index contributed by atoms with van der Waals surface area (Å²) in [6, 6.07) is 3.23. The van der Waals surface area contributed by atoms with Gasteiger partial charge in [0.25, 0.3) is 11.6 Å². The summed E-state index contributed by atoms with van der Waals surface area (Å²) < 4.78 is 13.9. The molecule has 1 aromatic carbocycles. The molecular weight excluding hydrogens is 313 g/mol. The van der Waals surface area contributed by atoms with Crippen LogP contribution in [0, 0.1) is 27.8 Å². The lowest BCUT2D eigenvalue weighted by Gasteiger charge is -2.19. The summed E-state index contributed by atoms with van der Waals surface area (Å²) in [4.78, 5) is 23.9. The van der Waals surface area contributed by atoms with Crippen molar-refractivity contribution in [2.24, 2.45) is 17.6 Å². The van der Waals surface area contributed by atoms with Crippen molar-refractivity contribution in [3.05, 3.63) is 39.7 Å². The Morgan fingerprint density at radius 3 is 2.68 bits per heavy atom. The van der Waals surface area contributed by atoms with Crippen molar-refractivity contribution >= 4 is 24.0 Å². The van der Waals surface area contributed by atoms with Gasteiger partial charge in [-0.1, -0.05) is 0 Å². The summed E-state index contributed by atoms with van der Waals surface area (Å²) in [6.07, 6.45) is 1.97. The first-order valence-corrected chi connectivity index (χ1v) is 6.96. The molecule has 0 bridgehead atoms. The lowest BCUT2D eigenvalue weighted by atomic mass is 9.98. The van der Waals surface area contributed by atoms with Gasteiger partial charge in [0.05, 0.1) is 16.6 Å². The molecule has 3 rings (SSSR count). The zero-order chi connectivity index (χ0) is 15.1. The normalized spacial score (nSPS) is 26.5. The van der Waals surface area contributed by atoms with E-state index in [1.54, 1.807) is 4.90 Å². The molecule has 2 N–H and O–H groups in total. The Balaban J connectivity index is 0.00000176. The molecule has 1 aliphatic heterocycles. The summed E-state index contributed by atoms with van der Waals surface area (Å²) >= 11 is 0. The zero-order valence-corrected chi connectivity index (χ0v) is 12.6. The highest BCUT2D eigenvalue weighted by molar-refractivity contribution is 5.95. The van der Waals surface area contributed by atoms with Crippen LogP contribution in [0.5, 0.6) is 0 Å². The van der Waals surface area contributed by atoms with Crippen LogP contribution in [-0.4, -0.2) is 34.9 Å². The van der Waals surface area contributed by atoms with E-state index in [0.717, 1.165) is 25.0 Å². The molecule has 3 atom stereocenters. The van der Waals surface area contributed by atoms with Crippen molar-refractivity contribution in [2.75, 3.05) is 13.1 Å². The number of nitrogens with zero attached hydrogens (tertiary/aromatic N) is 2. The van der Waals surface area contributed by atoms with E-state index >= 15 is 0 Å². The Morgan fingerprint density at radius 2 is 2.09 bits per heavy atom. The molecule has 1 saturated heterocycles. The maximum absolute atomic E-state index is 13.9. The third-order valence-corrected chi connectivity index (χ3v) is 4.59. The molecule has 22 heavy (non-hydrogen) atoms. The number of carbonyl (C=O) groups excluding carboxylic acids is 1. The second kappa shape index (κ2) is 6.18. The average molecular weight is 330 g/mol. The van der Waals surface area contributed by atoms with E-state index < -0.39 is 16.6 Å². The lowest BCUT2D eigenvalue weighted by Crippen LogP contribution is -2.33. The van der Waals surface area contributed by atoms with E-state index in [2.05, 4.69) is 0 Å². The predicted octanol–water partition coefficient (Wildman–Crippen LogP) is 1.97. The van der Waals surface area contributed by atoms with Gasteiger partial charge < -0.3 is 10.6 Å². The third-order valence-electron chi connectivity index (χ3n) is 4.59. The van der Waals surface area contributed by atoms with Gasteiger partial charge in [-0.3, -0.25) is 14.9 Å². The topological polar surface area (TPSA) is 89.5 Å². The van der Waals surface area contributed by atoms with Crippen LogP contribution in [-0.2, 0) is 0 Å². The Bertz CT molecular complexity index is 613. The number of rotatable bonds is 2. The highest BCUT2D eigenvalue weighted by Crippen LogP contribution is 2.37. The van der Waals surface area contributed by atoms with Gasteiger partial charge in [0.1, 0.15) is 5.82 Å². The number of nitrogens with two attached hydrogens (primary N) is 1. The molecule has 0 spiro atoms. The first kappa shape index (κ1) is 16.6. The van der Waals surface area contributed by atoms with Crippen LogP contribution in [0.4, 0.5) is 10.1 Å². The lowest BCUT2D eigenvalue weighted by molar-refractivity contribution is -0.385. The average Bonchev–Trinajstić information content (AvgIpc) is 3.00. The number of hydrogen-bond acceptors (Lipinski definition) is 4. The number of non-ortho nitro benzene ring substituents is 1. The Kier molecular flexibility index (Phi) is 4.67. The molecular formula is C14H17ClFN3O3. The van der Waals surface area contributed by atoms with Crippen molar-refractivity contribution in [2.45, 2.75) is 18.9 Å². The number of amides is 1. The zero-order valence-electron chi connectivity index (χ0n) is 11.8. The second-order valence-electron chi connectivity index (χ2n) is 5.80. The molecule has 1 heterocycles. The fraction of sp³-hybridized carbons (Fsp3) is 0.500. The van der Waals surface area contributed by atoms with Crippen LogP contribution in [0.3, 0.4) is 0 Å². The predicted molar refractivity (Wildman–Crippen MR) is 80.4 cm³/mol. The summed E-state index contributed by atoms with van der Waals surface area (Å²) in [6.45, 7) is 1.13. The molecule has 6 nitrogen and oxygen atoms in total. The van der Waals surface area contributed by atoms with Gasteiger partial charge in [-0.15, -0.1) is 12.4 Å². The number of nitro benzene ring substituents is 1. The minimum absolute atomic E-state index is 0. The van der Waals surface area contributed by atoms with Crippen LogP contribution >= 0.6 is 12.4 Å². The number of hydrogen-bond donors (Lipinski definition) is 1. The molecule has 1 aromatic rings. The van der Waals surface area contributed by atoms with E-state index in [1.807, 2.05) is 0 Å². The molecule has 1 saturated carbocycles. The molecule has 1 amide bonds. The smallest absolute Gasteiger partial charge is 0.272 e. The Hall–Kier alpha value is -1.73. The monoisotopic (exact) mass is 329 g/mol. The van der Waals surface area contributed by atoms with Gasteiger partial charge in [0.2, 0.25) is 0 Å². The summed E-state index contributed by atoms with van der Waals surface area (Å²) in [7, 11) is 0. The van der Waals surface area contributed by atoms with Crippen molar-refractivity contribution in [1.29, 1.82) is 0 Å². The Morgan fingerprint density at radius 1 is 1.36 bits per heavy atom. The number of likely N-dealkylation sites (tertiary alicyclic amines) is 1. The van der Waals surface area contributed by atoms with Crippen LogP contribution in [0.15, 0.2) is 18.2 Å². The van der Waals surface area contributed by atoms with Crippen molar-refractivity contribution in [1.82, 2.24) is 4.90 Å². The van der Waals surface area contributed by atoms with Crippen molar-refractivity contribution in [3.63, 3.8) is 0 Å². The standard InChI is InChI=1S/C14H16FN3O3.ClH/c15-12-5-9(18(20)21)2-3-10(12)14(19)17-6-8-1-4-13(16)11(8)7-17;/h2-3,5,8,11,13H,1,4,6-7,16H2;1H. The molecule has 120 valence electrons. The maximum atomic E-state index is 13.9. The first-order valence-electron chi connectivity index (χ1n) is 6.96. The molecule has 0 aromatic heterocycles. The van der Waals surface area contributed by atoms with E-state index in [4.69, 9.17) is 5.73 Å². The number of nitro groups is 1. The van der Waals surface area contributed by atoms with Gasteiger partial charge in [0, 0.05) is 25.2 Å². The molecule has 2 fully saturated rings. The fourth-order valence-electron chi connectivity index (χ4n) is 3.43. The fourth-order valence-corrected chi connectivity index (χ4v) is 3.43. The largest absolute Gasteiger partial charge is 0.338 e. The summed E-state index contributed by atoms with van der Waals surface area (Å²) in [5, 5.41) is 10.6. The highest BCUT2D eigenvalue weighted by atomic mass is 35.5. The van der Waals surface area contributed by atoms with Crippen LogP contribution in [0.25, 0.3) is 0 Å². The minimum Gasteiger partial charge on any atom is -0.338 e. The molecule has 0 radical (unpaired) electrons. The number of halogens is 2. The first-order chi connectivity index (χ1) is 9.97. The quantitative estimate of drug-likeness (QED) is 0.663. The molecule has 1 aliphatic carbocycles. The van der Waals surface area contributed by atoms with Gasteiger partial charge >= 0.3 is 0 Å². The second-order valence-corrected chi connectivity index (χ2v) is 5.80. The van der Waals surface area contributed by atoms with Gasteiger partial charge in [-0.05, 0) is 30.7 Å². The van der Waals surface area contributed by atoms with E-state index in [-0.39, 0.29) is 35.6 Å². The number of fused-ring (bicyclic) bond motifs is 1. The van der Waals surface area contributed by atoms with Crippen molar-refractivity contribution in [3.8, 4) is 0 Å². The van der Waals surface area contributed by atoms with Crippen LogP contribution < -0.4 is 5.73 Å². The minimum atomic E-state index is -0.851. The van der Waals surface area contributed by atoms with Gasteiger partial charge in [0.15, 0.2) is 0 Å². The molecule has 3 unspecified atom stereocenters. The molecule has 2 aliphatic rings. The van der Waals surface area contributed by atoms with E-state index in [9.17, 15) is 19.3 Å². The van der Waals surface area contributed by atoms with Gasteiger partial charge in [-0.25, -0.2) is 4.39 Å². The Labute approximate surface area is 133 Å². The number of benzene rings is 1.